The number of carbonyl (C=O) groups excluding carboxylic acids is 2. The molecule has 2 aliphatic carbocycles. The van der Waals surface area contributed by atoms with Crippen LogP contribution in [0.2, 0.25) is 0 Å². The molecule has 4 atom stereocenters. The third kappa shape index (κ3) is 3.33. The summed E-state index contributed by atoms with van der Waals surface area (Å²) in [6.45, 7) is 6.08. The van der Waals surface area contributed by atoms with Gasteiger partial charge in [-0.1, -0.05) is 18.2 Å². The molecular formula is C23H27N3O5. The summed E-state index contributed by atoms with van der Waals surface area (Å²) in [5, 5.41) is 1.07. The van der Waals surface area contributed by atoms with E-state index in [1.165, 1.54) is 5.56 Å². The van der Waals surface area contributed by atoms with Crippen molar-refractivity contribution in [3.8, 4) is 11.5 Å². The predicted molar refractivity (Wildman–Crippen MR) is 110 cm³/mol. The van der Waals surface area contributed by atoms with Crippen molar-refractivity contribution in [1.82, 2.24) is 14.9 Å². The SMILES string of the molecule is O=C1C2C(C(=O)N1OCCN1CCN(Cc3ccc4c(c3)OCO4)CC1)[C@H]1C=C[C@@H]2C1. The minimum absolute atomic E-state index is 0.139. The first-order valence-corrected chi connectivity index (χ1v) is 11.2. The van der Waals surface area contributed by atoms with Crippen molar-refractivity contribution in [2.24, 2.45) is 23.7 Å². The van der Waals surface area contributed by atoms with Crippen molar-refractivity contribution in [3.63, 3.8) is 0 Å². The van der Waals surface area contributed by atoms with Crippen molar-refractivity contribution in [2.75, 3.05) is 46.1 Å². The highest BCUT2D eigenvalue weighted by Crippen LogP contribution is 2.52. The van der Waals surface area contributed by atoms with E-state index in [1.807, 2.05) is 6.07 Å². The summed E-state index contributed by atoms with van der Waals surface area (Å²) in [5.41, 5.74) is 1.22. The normalized spacial score (nSPS) is 31.8. The molecule has 0 radical (unpaired) electrons. The molecule has 5 aliphatic rings. The molecule has 3 aliphatic heterocycles. The van der Waals surface area contributed by atoms with Crippen LogP contribution < -0.4 is 9.47 Å². The number of allylic oxidation sites excluding steroid dienone is 2. The summed E-state index contributed by atoms with van der Waals surface area (Å²) in [7, 11) is 0. The molecule has 1 saturated carbocycles. The summed E-state index contributed by atoms with van der Waals surface area (Å²) in [4.78, 5) is 35.8. The Balaban J connectivity index is 0.955. The Kier molecular flexibility index (Phi) is 4.74. The highest BCUT2D eigenvalue weighted by Gasteiger charge is 2.60. The maximum atomic E-state index is 12.7. The first-order valence-electron chi connectivity index (χ1n) is 11.2. The van der Waals surface area contributed by atoms with E-state index >= 15 is 0 Å². The van der Waals surface area contributed by atoms with E-state index in [9.17, 15) is 9.59 Å². The van der Waals surface area contributed by atoms with Crippen molar-refractivity contribution in [1.29, 1.82) is 0 Å². The predicted octanol–water partition coefficient (Wildman–Crippen LogP) is 1.27. The largest absolute Gasteiger partial charge is 0.454 e. The maximum Gasteiger partial charge on any atom is 0.258 e. The number of rotatable bonds is 6. The van der Waals surface area contributed by atoms with Gasteiger partial charge < -0.3 is 9.47 Å². The van der Waals surface area contributed by atoms with Crippen LogP contribution in [0.4, 0.5) is 0 Å². The van der Waals surface area contributed by atoms with Crippen LogP contribution in [0.25, 0.3) is 0 Å². The molecule has 3 heterocycles. The van der Waals surface area contributed by atoms with Crippen molar-refractivity contribution < 1.29 is 23.9 Å². The molecular weight excluding hydrogens is 398 g/mol. The van der Waals surface area contributed by atoms with Crippen LogP contribution in [-0.2, 0) is 21.0 Å². The molecule has 0 N–H and O–H groups in total. The van der Waals surface area contributed by atoms with Gasteiger partial charge in [0.15, 0.2) is 11.5 Å². The standard InChI is InChI=1S/C23H27N3O5/c27-22-20-16-2-3-17(12-16)21(20)23(28)26(22)31-10-9-24-5-7-25(8-6-24)13-15-1-4-18-19(11-15)30-14-29-18/h1-4,11,16-17,20-21H,5-10,12-14H2/t16-,17+,20?,21?. The summed E-state index contributed by atoms with van der Waals surface area (Å²) in [6, 6.07) is 6.13. The zero-order chi connectivity index (χ0) is 20.9. The van der Waals surface area contributed by atoms with Gasteiger partial charge in [0.05, 0.1) is 18.4 Å². The lowest BCUT2D eigenvalue weighted by Gasteiger charge is -2.34. The molecule has 0 aromatic heterocycles. The number of imide groups is 1. The van der Waals surface area contributed by atoms with Gasteiger partial charge in [-0.25, -0.2) is 0 Å². The molecule has 1 aromatic carbocycles. The third-order valence-corrected chi connectivity index (χ3v) is 7.37. The van der Waals surface area contributed by atoms with Crippen LogP contribution in [0, 0.1) is 23.7 Å². The second kappa shape index (κ2) is 7.62. The van der Waals surface area contributed by atoms with Crippen LogP contribution in [-0.4, -0.2) is 72.8 Å². The fraction of sp³-hybridized carbons (Fsp3) is 0.565. The fourth-order valence-electron chi connectivity index (χ4n) is 5.73. The topological polar surface area (TPSA) is 71.6 Å². The molecule has 8 heteroatoms. The first kappa shape index (κ1) is 19.3. The minimum atomic E-state index is -0.192. The molecule has 2 amide bonds. The summed E-state index contributed by atoms with van der Waals surface area (Å²) in [5.74, 6) is 1.42. The molecule has 0 spiro atoms. The molecule has 1 aromatic rings. The Bertz CT molecular complexity index is 896. The number of benzene rings is 1. The molecule has 2 unspecified atom stereocenters. The Morgan fingerprint density at radius 2 is 1.58 bits per heavy atom. The molecule has 8 nitrogen and oxygen atoms in total. The Morgan fingerprint density at radius 1 is 0.903 bits per heavy atom. The highest BCUT2D eigenvalue weighted by molar-refractivity contribution is 6.05. The van der Waals surface area contributed by atoms with Gasteiger partial charge in [0.1, 0.15) is 0 Å². The number of amides is 2. The summed E-state index contributed by atoms with van der Waals surface area (Å²) >= 11 is 0. The van der Waals surface area contributed by atoms with Crippen LogP contribution in [0.15, 0.2) is 30.4 Å². The number of hydrogen-bond acceptors (Lipinski definition) is 7. The quantitative estimate of drug-likeness (QED) is 0.502. The van der Waals surface area contributed by atoms with Gasteiger partial charge in [-0.3, -0.25) is 24.2 Å². The van der Waals surface area contributed by atoms with E-state index in [0.717, 1.165) is 62.3 Å². The highest BCUT2D eigenvalue weighted by atomic mass is 16.7. The van der Waals surface area contributed by atoms with Crippen LogP contribution in [0.1, 0.15) is 12.0 Å². The lowest BCUT2D eigenvalue weighted by molar-refractivity contribution is -0.191. The number of hydroxylamine groups is 2. The smallest absolute Gasteiger partial charge is 0.258 e. The monoisotopic (exact) mass is 425 g/mol. The van der Waals surface area contributed by atoms with Gasteiger partial charge in [-0.15, -0.1) is 0 Å². The number of fused-ring (bicyclic) bond motifs is 6. The van der Waals surface area contributed by atoms with E-state index in [4.69, 9.17) is 14.3 Å². The molecule has 3 fully saturated rings. The van der Waals surface area contributed by atoms with E-state index < -0.39 is 0 Å². The lowest BCUT2D eigenvalue weighted by Crippen LogP contribution is -2.47. The Hall–Kier alpha value is -2.42. The van der Waals surface area contributed by atoms with E-state index in [0.29, 0.717) is 13.4 Å². The number of hydrogen-bond donors (Lipinski definition) is 0. The average Bonchev–Trinajstić information content (AvgIpc) is 3.55. The Labute approximate surface area is 181 Å². The zero-order valence-electron chi connectivity index (χ0n) is 17.4. The summed E-state index contributed by atoms with van der Waals surface area (Å²) in [6.07, 6.45) is 5.14. The van der Waals surface area contributed by atoms with E-state index in [2.05, 4.69) is 34.1 Å². The average molecular weight is 425 g/mol. The van der Waals surface area contributed by atoms with Gasteiger partial charge in [0.25, 0.3) is 11.8 Å². The van der Waals surface area contributed by atoms with Gasteiger partial charge in [-0.2, -0.15) is 5.06 Å². The molecule has 31 heavy (non-hydrogen) atoms. The van der Waals surface area contributed by atoms with E-state index in [1.54, 1.807) is 0 Å². The minimum Gasteiger partial charge on any atom is -0.454 e. The second-order valence-corrected chi connectivity index (χ2v) is 9.11. The zero-order valence-corrected chi connectivity index (χ0v) is 17.4. The number of carbonyl (C=O) groups is 2. The lowest BCUT2D eigenvalue weighted by atomic mass is 9.85. The maximum absolute atomic E-state index is 12.7. The molecule has 164 valence electrons. The van der Waals surface area contributed by atoms with Gasteiger partial charge >= 0.3 is 0 Å². The fourth-order valence-corrected chi connectivity index (χ4v) is 5.73. The molecule has 2 bridgehead atoms. The van der Waals surface area contributed by atoms with Gasteiger partial charge in [-0.05, 0) is 36.0 Å². The van der Waals surface area contributed by atoms with Crippen molar-refractivity contribution in [2.45, 2.75) is 13.0 Å². The van der Waals surface area contributed by atoms with Crippen molar-refractivity contribution >= 4 is 11.8 Å². The first-order chi connectivity index (χ1) is 15.2. The van der Waals surface area contributed by atoms with E-state index in [-0.39, 0.29) is 35.5 Å². The van der Waals surface area contributed by atoms with Crippen LogP contribution in [0.5, 0.6) is 11.5 Å². The number of piperazine rings is 1. The van der Waals surface area contributed by atoms with Gasteiger partial charge in [0.2, 0.25) is 6.79 Å². The number of ether oxygens (including phenoxy) is 2. The number of nitrogens with zero attached hydrogens (tertiary/aromatic N) is 3. The third-order valence-electron chi connectivity index (χ3n) is 7.37. The molecule has 2 saturated heterocycles. The molecule has 6 rings (SSSR count). The summed E-state index contributed by atoms with van der Waals surface area (Å²) < 4.78 is 10.8. The van der Waals surface area contributed by atoms with Crippen LogP contribution in [0.3, 0.4) is 0 Å². The second-order valence-electron chi connectivity index (χ2n) is 9.11. The Morgan fingerprint density at radius 3 is 2.32 bits per heavy atom. The van der Waals surface area contributed by atoms with Gasteiger partial charge in [0, 0.05) is 39.3 Å². The van der Waals surface area contributed by atoms with Crippen molar-refractivity contribution in [3.05, 3.63) is 35.9 Å². The van der Waals surface area contributed by atoms with Crippen LogP contribution >= 0.6 is 0 Å².